The van der Waals surface area contributed by atoms with Gasteiger partial charge in [-0.25, -0.2) is 4.79 Å². The van der Waals surface area contributed by atoms with Crippen LogP contribution in [0.25, 0.3) is 0 Å². The Hall–Kier alpha value is -3.82. The molecule has 10 heteroatoms. The Labute approximate surface area is 182 Å². The van der Waals surface area contributed by atoms with Crippen molar-refractivity contribution in [1.82, 2.24) is 10.2 Å². The number of ether oxygens (including phenoxy) is 1. The van der Waals surface area contributed by atoms with Gasteiger partial charge in [0.1, 0.15) is 11.3 Å². The first-order chi connectivity index (χ1) is 15.1. The second-order valence-electron chi connectivity index (χ2n) is 7.25. The molecule has 0 bridgehead atoms. The number of amides is 4. The fourth-order valence-electron chi connectivity index (χ4n) is 3.23. The first kappa shape index (κ1) is 22.9. The van der Waals surface area contributed by atoms with E-state index in [-0.39, 0.29) is 17.2 Å². The highest BCUT2D eigenvalue weighted by Gasteiger charge is 2.49. The number of carbonyl (C=O) groups excluding carboxylic acids is 4. The zero-order valence-corrected chi connectivity index (χ0v) is 17.4. The van der Waals surface area contributed by atoms with E-state index in [1.54, 1.807) is 19.1 Å². The third-order valence-corrected chi connectivity index (χ3v) is 5.05. The van der Waals surface area contributed by atoms with E-state index < -0.39 is 36.4 Å². The van der Waals surface area contributed by atoms with Crippen LogP contribution in [0.2, 0.25) is 0 Å². The molecule has 2 aromatic carbocycles. The van der Waals surface area contributed by atoms with Crippen LogP contribution in [0.1, 0.15) is 36.2 Å². The van der Waals surface area contributed by atoms with Crippen molar-refractivity contribution >= 4 is 29.3 Å². The molecule has 0 aliphatic carbocycles. The molecular weight excluding hydrogens is 424 g/mol. The van der Waals surface area contributed by atoms with Crippen molar-refractivity contribution < 1.29 is 32.7 Å². The monoisotopic (exact) mass is 445 g/mol. The van der Waals surface area contributed by atoms with E-state index in [0.29, 0.717) is 17.7 Å². The summed E-state index contributed by atoms with van der Waals surface area (Å²) in [5.74, 6) is -1.37. The third-order valence-electron chi connectivity index (χ3n) is 5.05. The van der Waals surface area contributed by atoms with Gasteiger partial charge in [-0.1, -0.05) is 19.1 Å². The van der Waals surface area contributed by atoms with Gasteiger partial charge in [-0.15, -0.1) is 0 Å². The number of imide groups is 1. The molecule has 1 aliphatic heterocycles. The lowest BCUT2D eigenvalue weighted by molar-refractivity contribution is -0.130. The molecule has 1 saturated heterocycles. The summed E-state index contributed by atoms with van der Waals surface area (Å²) in [4.78, 5) is 50.3. The topological polar surface area (TPSA) is 105 Å². The molecule has 1 fully saturated rings. The number of alkyl halides is 2. The van der Waals surface area contributed by atoms with E-state index in [9.17, 15) is 28.0 Å². The van der Waals surface area contributed by atoms with Crippen LogP contribution in [0.5, 0.6) is 5.75 Å². The van der Waals surface area contributed by atoms with Crippen molar-refractivity contribution in [3.8, 4) is 5.75 Å². The van der Waals surface area contributed by atoms with E-state index in [1.807, 2.05) is 0 Å². The number of rotatable bonds is 8. The predicted molar refractivity (Wildman–Crippen MR) is 110 cm³/mol. The van der Waals surface area contributed by atoms with E-state index >= 15 is 0 Å². The Morgan fingerprint density at radius 2 is 1.72 bits per heavy atom. The molecule has 2 aromatic rings. The quantitative estimate of drug-likeness (QED) is 0.479. The SMILES string of the molecule is CCC(=O)Nc1ccc(C(=O)CN2C(=O)NC(C)(c3ccc(OC(F)F)cc3)C2=O)cc1. The van der Waals surface area contributed by atoms with Crippen LogP contribution < -0.4 is 15.4 Å². The van der Waals surface area contributed by atoms with Gasteiger partial charge in [0.25, 0.3) is 5.91 Å². The molecule has 168 valence electrons. The van der Waals surface area contributed by atoms with Gasteiger partial charge in [-0.05, 0) is 48.9 Å². The second kappa shape index (κ2) is 9.13. The number of nitrogens with one attached hydrogen (secondary N) is 2. The minimum absolute atomic E-state index is 0.0882. The average Bonchev–Trinajstić information content (AvgIpc) is 2.98. The summed E-state index contributed by atoms with van der Waals surface area (Å²) < 4.78 is 28.9. The van der Waals surface area contributed by atoms with Gasteiger partial charge >= 0.3 is 12.6 Å². The Kier molecular flexibility index (Phi) is 6.52. The molecular formula is C22H21F2N3O5. The van der Waals surface area contributed by atoms with Gasteiger partial charge in [-0.2, -0.15) is 8.78 Å². The highest BCUT2D eigenvalue weighted by atomic mass is 19.3. The Balaban J connectivity index is 1.71. The number of benzene rings is 2. The molecule has 0 radical (unpaired) electrons. The van der Waals surface area contributed by atoms with Crippen molar-refractivity contribution in [2.75, 3.05) is 11.9 Å². The molecule has 8 nitrogen and oxygen atoms in total. The highest BCUT2D eigenvalue weighted by Crippen LogP contribution is 2.30. The number of Topliss-reactive ketones (excluding diaryl/α,β-unsaturated/α-hetero) is 1. The number of ketones is 1. The van der Waals surface area contributed by atoms with E-state index in [2.05, 4.69) is 15.4 Å². The summed E-state index contributed by atoms with van der Waals surface area (Å²) in [6, 6.07) is 10.7. The zero-order valence-electron chi connectivity index (χ0n) is 17.4. The number of anilines is 1. The summed E-state index contributed by atoms with van der Waals surface area (Å²) in [5, 5.41) is 5.21. The van der Waals surface area contributed by atoms with Gasteiger partial charge < -0.3 is 15.4 Å². The number of hydrogen-bond donors (Lipinski definition) is 2. The molecule has 1 aliphatic rings. The lowest BCUT2D eigenvalue weighted by Crippen LogP contribution is -2.41. The number of hydrogen-bond acceptors (Lipinski definition) is 5. The largest absolute Gasteiger partial charge is 0.435 e. The number of urea groups is 1. The Morgan fingerprint density at radius 1 is 1.09 bits per heavy atom. The van der Waals surface area contributed by atoms with Gasteiger partial charge in [0.05, 0.1) is 6.54 Å². The molecule has 0 spiro atoms. The molecule has 3 rings (SSSR count). The van der Waals surface area contributed by atoms with E-state index in [1.165, 1.54) is 43.3 Å². The molecule has 0 aromatic heterocycles. The molecule has 4 amide bonds. The first-order valence-corrected chi connectivity index (χ1v) is 9.76. The molecule has 32 heavy (non-hydrogen) atoms. The van der Waals surface area contributed by atoms with E-state index in [4.69, 9.17) is 0 Å². The van der Waals surface area contributed by atoms with Gasteiger partial charge in [-0.3, -0.25) is 19.3 Å². The van der Waals surface area contributed by atoms with Gasteiger partial charge in [0.2, 0.25) is 5.91 Å². The molecule has 1 heterocycles. The maximum Gasteiger partial charge on any atom is 0.387 e. The zero-order chi connectivity index (χ0) is 23.5. The minimum atomic E-state index is -2.98. The Morgan fingerprint density at radius 3 is 2.28 bits per heavy atom. The lowest BCUT2D eigenvalue weighted by atomic mass is 9.92. The fraction of sp³-hybridized carbons (Fsp3) is 0.273. The van der Waals surface area contributed by atoms with Crippen molar-refractivity contribution in [2.45, 2.75) is 32.4 Å². The average molecular weight is 445 g/mol. The van der Waals surface area contributed by atoms with Crippen molar-refractivity contribution in [3.63, 3.8) is 0 Å². The fourth-order valence-corrected chi connectivity index (χ4v) is 3.23. The van der Waals surface area contributed by atoms with Gasteiger partial charge in [0, 0.05) is 17.7 Å². The summed E-state index contributed by atoms with van der Waals surface area (Å²) in [7, 11) is 0. The van der Waals surface area contributed by atoms with Crippen molar-refractivity contribution in [2.24, 2.45) is 0 Å². The van der Waals surface area contributed by atoms with Crippen LogP contribution in [-0.4, -0.2) is 41.7 Å². The van der Waals surface area contributed by atoms with Crippen LogP contribution >= 0.6 is 0 Å². The molecule has 2 N–H and O–H groups in total. The van der Waals surface area contributed by atoms with Crippen molar-refractivity contribution in [1.29, 1.82) is 0 Å². The maximum atomic E-state index is 13.0. The van der Waals surface area contributed by atoms with Crippen LogP contribution in [0, 0.1) is 0 Å². The smallest absolute Gasteiger partial charge is 0.387 e. The van der Waals surface area contributed by atoms with Crippen LogP contribution in [0.15, 0.2) is 48.5 Å². The second-order valence-corrected chi connectivity index (χ2v) is 7.25. The summed E-state index contributed by atoms with van der Waals surface area (Å²) in [6.07, 6.45) is 0.313. The standard InChI is InChI=1S/C22H21F2N3O5/c1-3-18(29)25-15-8-4-13(5-9-15)17(28)12-27-19(30)22(2,26-21(27)31)14-6-10-16(11-7-14)32-20(23)24/h4-11,20H,3,12H2,1-2H3,(H,25,29)(H,26,31). The Bertz CT molecular complexity index is 1040. The molecule has 1 atom stereocenters. The van der Waals surface area contributed by atoms with Gasteiger partial charge in [0.15, 0.2) is 5.78 Å². The molecule has 0 saturated carbocycles. The normalized spacial score (nSPS) is 18.0. The van der Waals surface area contributed by atoms with Crippen LogP contribution in [0.4, 0.5) is 19.3 Å². The maximum absolute atomic E-state index is 13.0. The third kappa shape index (κ3) is 4.74. The minimum Gasteiger partial charge on any atom is -0.435 e. The predicted octanol–water partition coefficient (Wildman–Crippen LogP) is 3.29. The number of nitrogens with zero attached hydrogens (tertiary/aromatic N) is 1. The van der Waals surface area contributed by atoms with E-state index in [0.717, 1.165) is 4.90 Å². The number of carbonyl (C=O) groups is 4. The van der Waals surface area contributed by atoms with Crippen LogP contribution in [-0.2, 0) is 15.1 Å². The summed E-state index contributed by atoms with van der Waals surface area (Å²) in [5.41, 5.74) is -0.324. The summed E-state index contributed by atoms with van der Waals surface area (Å²) >= 11 is 0. The van der Waals surface area contributed by atoms with Crippen LogP contribution in [0.3, 0.4) is 0 Å². The van der Waals surface area contributed by atoms with Crippen molar-refractivity contribution in [3.05, 3.63) is 59.7 Å². The summed E-state index contributed by atoms with van der Waals surface area (Å²) in [6.45, 7) is -0.285. The molecule has 1 unspecified atom stereocenters. The number of halogens is 2. The first-order valence-electron chi connectivity index (χ1n) is 9.76. The lowest BCUT2D eigenvalue weighted by Gasteiger charge is -2.22. The highest BCUT2D eigenvalue weighted by molar-refractivity contribution is 6.11.